The van der Waals surface area contributed by atoms with Crippen molar-refractivity contribution in [3.8, 4) is 0 Å². The smallest absolute Gasteiger partial charge is 0.245 e. The van der Waals surface area contributed by atoms with E-state index in [0.29, 0.717) is 49.9 Å². The number of Topliss-reactive ketones (excluding diaryl/α,β-unsaturated/α-hetero) is 3. The van der Waals surface area contributed by atoms with Gasteiger partial charge in [0.25, 0.3) is 0 Å². The second-order valence-electron chi connectivity index (χ2n) is 13.5. The van der Waals surface area contributed by atoms with Crippen LogP contribution in [-0.4, -0.2) is 90.1 Å². The Labute approximate surface area is 324 Å². The molecule has 0 aromatic heterocycles. The summed E-state index contributed by atoms with van der Waals surface area (Å²) in [5.41, 5.74) is 21.1. The molecule has 2 fully saturated rings. The first kappa shape index (κ1) is 42.2. The lowest BCUT2D eigenvalue weighted by Gasteiger charge is -2.32. The summed E-state index contributed by atoms with van der Waals surface area (Å²) >= 11 is 13.1. The van der Waals surface area contributed by atoms with Crippen LogP contribution in [0.5, 0.6) is 0 Å². The van der Waals surface area contributed by atoms with E-state index in [-0.39, 0.29) is 50.7 Å². The van der Waals surface area contributed by atoms with Crippen LogP contribution in [0.4, 0.5) is 0 Å². The third kappa shape index (κ3) is 10.3. The molecule has 0 bridgehead atoms. The summed E-state index contributed by atoms with van der Waals surface area (Å²) in [7, 11) is 0. The first-order chi connectivity index (χ1) is 25.8. The molecule has 4 rings (SSSR count). The molecular formula is C37H50Cl2N10O5. The Morgan fingerprint density at radius 1 is 0.630 bits per heavy atom. The first-order valence-electron chi connectivity index (χ1n) is 18.1. The monoisotopic (exact) mass is 784 g/mol. The molecule has 2 aliphatic rings. The second kappa shape index (κ2) is 19.7. The topological polar surface area (TPSA) is 262 Å². The van der Waals surface area contributed by atoms with Crippen LogP contribution in [0.1, 0.15) is 62.5 Å². The number of rotatable bonds is 20. The molecule has 2 heterocycles. The van der Waals surface area contributed by atoms with Gasteiger partial charge in [-0.05, 0) is 75.6 Å². The van der Waals surface area contributed by atoms with Crippen molar-refractivity contribution >= 4 is 64.3 Å². The number of hydrogen-bond acceptors (Lipinski definition) is 9. The predicted molar refractivity (Wildman–Crippen MR) is 209 cm³/mol. The van der Waals surface area contributed by atoms with Crippen LogP contribution in [0.3, 0.4) is 0 Å². The zero-order valence-corrected chi connectivity index (χ0v) is 31.6. The lowest BCUT2D eigenvalue weighted by Crippen LogP contribution is -2.58. The lowest BCUT2D eigenvalue weighted by atomic mass is 9.86. The Morgan fingerprint density at radius 2 is 1.00 bits per heavy atom. The molecule has 2 aliphatic heterocycles. The number of carbonyl (C=O) groups is 5. The number of carbonyl (C=O) groups excluding carboxylic acids is 5. The predicted octanol–water partition coefficient (Wildman–Crippen LogP) is 0.543. The van der Waals surface area contributed by atoms with Gasteiger partial charge in [-0.1, -0.05) is 60.7 Å². The van der Waals surface area contributed by atoms with Crippen LogP contribution in [0.2, 0.25) is 0 Å². The molecule has 0 saturated carbocycles. The van der Waals surface area contributed by atoms with Gasteiger partial charge in [0.05, 0.1) is 12.1 Å². The van der Waals surface area contributed by atoms with Crippen molar-refractivity contribution in [1.82, 2.24) is 21.3 Å². The van der Waals surface area contributed by atoms with Crippen LogP contribution < -0.4 is 44.2 Å². The van der Waals surface area contributed by atoms with Crippen molar-refractivity contribution < 1.29 is 24.0 Å². The molecule has 0 aliphatic carbocycles. The third-order valence-electron chi connectivity index (χ3n) is 9.81. The van der Waals surface area contributed by atoms with E-state index >= 15 is 0 Å². The number of nitrogens with two attached hydrogens (primary N) is 4. The van der Waals surface area contributed by atoms with Crippen molar-refractivity contribution in [2.24, 2.45) is 32.9 Å². The molecular weight excluding hydrogens is 735 g/mol. The fourth-order valence-corrected chi connectivity index (χ4v) is 7.60. The van der Waals surface area contributed by atoms with E-state index in [2.05, 4.69) is 31.3 Å². The van der Waals surface area contributed by atoms with Crippen molar-refractivity contribution in [2.45, 2.75) is 85.3 Å². The Bertz CT molecular complexity index is 1550. The highest BCUT2D eigenvalue weighted by Crippen LogP contribution is 2.33. The van der Waals surface area contributed by atoms with Gasteiger partial charge in [-0.25, -0.2) is 0 Å². The minimum absolute atomic E-state index is 0.0294. The van der Waals surface area contributed by atoms with E-state index in [0.717, 1.165) is 0 Å². The van der Waals surface area contributed by atoms with E-state index in [1.54, 1.807) is 0 Å². The Hall–Kier alpha value is -4.57. The molecule has 0 spiro atoms. The second-order valence-corrected chi connectivity index (χ2v) is 14.4. The van der Waals surface area contributed by atoms with Crippen molar-refractivity contribution in [1.29, 1.82) is 0 Å². The number of amides is 2. The highest BCUT2D eigenvalue weighted by Gasteiger charge is 2.47. The maximum absolute atomic E-state index is 14.0. The number of guanidine groups is 2. The minimum Gasteiger partial charge on any atom is -0.370 e. The zero-order valence-electron chi connectivity index (χ0n) is 30.1. The summed E-state index contributed by atoms with van der Waals surface area (Å²) in [6, 6.07) is 15.7. The van der Waals surface area contributed by atoms with Crippen LogP contribution >= 0.6 is 23.2 Å². The standard InChI is InChI=1S/C37H50Cl2N10O5/c38-27(29(50)25(15-7-19-44-34(40)41)48-32(53)36(17-9-21-46-36)23-11-3-1-4-12-23)31(52)28(39)30(51)26(16-8-20-45-35(42)43)49-33(54)37(18-10-22-47-37)24-13-5-2-6-14-24/h1-6,11-14,25-28,46-47H,7-10,15-22H2,(H,48,53)(H,49,54)(H4,40,41,44)(H4,42,43,45)/t25-,26-,27?,28?,36+,37+/m0/s1. The van der Waals surface area contributed by atoms with E-state index < -0.39 is 63.1 Å². The Balaban J connectivity index is 1.55. The van der Waals surface area contributed by atoms with E-state index in [4.69, 9.17) is 46.1 Å². The molecule has 0 radical (unpaired) electrons. The quantitative estimate of drug-likeness (QED) is 0.0302. The molecule has 2 unspecified atom stereocenters. The Morgan fingerprint density at radius 3 is 1.31 bits per heavy atom. The van der Waals surface area contributed by atoms with Crippen molar-refractivity contribution in [2.75, 3.05) is 26.2 Å². The van der Waals surface area contributed by atoms with E-state index in [1.165, 1.54) is 0 Å². The molecule has 15 nitrogen and oxygen atoms in total. The number of aliphatic imine (C=N–C) groups is 2. The highest BCUT2D eigenvalue weighted by molar-refractivity contribution is 6.52. The number of ketones is 3. The van der Waals surface area contributed by atoms with Gasteiger partial charge >= 0.3 is 0 Å². The van der Waals surface area contributed by atoms with Gasteiger partial charge in [0.1, 0.15) is 11.1 Å². The highest BCUT2D eigenvalue weighted by atomic mass is 35.5. The zero-order chi connectivity index (χ0) is 39.3. The average molecular weight is 786 g/mol. The number of nitrogens with one attached hydrogen (secondary N) is 4. The van der Waals surface area contributed by atoms with Gasteiger partial charge in [-0.2, -0.15) is 0 Å². The maximum Gasteiger partial charge on any atom is 0.245 e. The fraction of sp³-hybridized carbons (Fsp3) is 0.486. The minimum atomic E-state index is -1.92. The number of hydrogen-bond donors (Lipinski definition) is 8. The fourth-order valence-electron chi connectivity index (χ4n) is 6.98. The summed E-state index contributed by atoms with van der Waals surface area (Å²) < 4.78 is 0. The molecule has 2 saturated heterocycles. The number of halogens is 2. The number of nitrogens with zero attached hydrogens (tertiary/aromatic N) is 2. The molecule has 292 valence electrons. The van der Waals surface area contributed by atoms with Crippen LogP contribution in [-0.2, 0) is 35.1 Å². The summed E-state index contributed by atoms with van der Waals surface area (Å²) in [6.07, 6.45) is 2.93. The summed E-state index contributed by atoms with van der Waals surface area (Å²) in [5, 5.41) is 8.35. The van der Waals surface area contributed by atoms with Crippen molar-refractivity contribution in [3.05, 3.63) is 71.8 Å². The van der Waals surface area contributed by atoms with Gasteiger partial charge in [0, 0.05) is 13.1 Å². The number of benzene rings is 2. The molecule has 2 aromatic rings. The summed E-state index contributed by atoms with van der Waals surface area (Å²) in [5.74, 6) is -4.04. The summed E-state index contributed by atoms with van der Waals surface area (Å²) in [6.45, 7) is 1.43. The van der Waals surface area contributed by atoms with Gasteiger partial charge in [-0.15, -0.1) is 23.2 Å². The third-order valence-corrected chi connectivity index (χ3v) is 10.7. The van der Waals surface area contributed by atoms with Crippen molar-refractivity contribution in [3.63, 3.8) is 0 Å². The molecule has 2 aromatic carbocycles. The average Bonchev–Trinajstić information content (AvgIpc) is 3.89. The van der Waals surface area contributed by atoms with Crippen LogP contribution in [0.15, 0.2) is 70.6 Å². The molecule has 54 heavy (non-hydrogen) atoms. The first-order valence-corrected chi connectivity index (χ1v) is 18.9. The Kier molecular flexibility index (Phi) is 15.4. The van der Waals surface area contributed by atoms with Gasteiger partial charge in [0.15, 0.2) is 40.0 Å². The molecule has 2 amide bonds. The van der Waals surface area contributed by atoms with Gasteiger partial charge < -0.3 is 33.6 Å². The van der Waals surface area contributed by atoms with Crippen LogP contribution in [0.25, 0.3) is 0 Å². The molecule has 6 atom stereocenters. The normalized spacial score (nSPS) is 21.5. The SMILES string of the molecule is NC(N)=NCCC[C@H](NC(=O)[C@]1(c2ccccc2)CCCN1)C(=O)C(Cl)C(=O)C(Cl)C(=O)[C@H](CCCN=C(N)N)NC(=O)[C@]1(c2ccccc2)CCCN1. The van der Waals surface area contributed by atoms with Crippen LogP contribution in [0, 0.1) is 0 Å². The van der Waals surface area contributed by atoms with Gasteiger partial charge in [-0.3, -0.25) is 44.6 Å². The van der Waals surface area contributed by atoms with E-state index in [9.17, 15) is 24.0 Å². The van der Waals surface area contributed by atoms with E-state index in [1.807, 2.05) is 60.7 Å². The maximum atomic E-state index is 14.0. The number of alkyl halides is 2. The summed E-state index contributed by atoms with van der Waals surface area (Å²) in [4.78, 5) is 77.6. The van der Waals surface area contributed by atoms with Gasteiger partial charge in [0.2, 0.25) is 11.8 Å². The molecule has 17 heteroatoms. The molecule has 12 N–H and O–H groups in total. The largest absolute Gasteiger partial charge is 0.370 e. The lowest BCUT2D eigenvalue weighted by molar-refractivity contribution is -0.136.